The highest BCUT2D eigenvalue weighted by atomic mass is 32.2. The SMILES string of the molecule is CN(CC1Cc2ccccc2CO1)C(=O)CSC1CCCC1. The van der Waals surface area contributed by atoms with Crippen LogP contribution >= 0.6 is 11.8 Å². The van der Waals surface area contributed by atoms with Crippen molar-refractivity contribution in [1.82, 2.24) is 4.90 Å². The Morgan fingerprint density at radius 1 is 1.27 bits per heavy atom. The number of hydrogen-bond acceptors (Lipinski definition) is 3. The van der Waals surface area contributed by atoms with Gasteiger partial charge in [-0.3, -0.25) is 4.79 Å². The third-order valence-electron chi connectivity index (χ3n) is 4.69. The lowest BCUT2D eigenvalue weighted by atomic mass is 9.99. The van der Waals surface area contributed by atoms with Crippen LogP contribution in [-0.2, 0) is 22.6 Å². The molecule has 1 unspecified atom stereocenters. The van der Waals surface area contributed by atoms with E-state index in [1.54, 1.807) is 0 Å². The van der Waals surface area contributed by atoms with Gasteiger partial charge in [-0.25, -0.2) is 0 Å². The molecule has 1 saturated carbocycles. The van der Waals surface area contributed by atoms with E-state index < -0.39 is 0 Å². The van der Waals surface area contributed by atoms with Gasteiger partial charge in [0.1, 0.15) is 0 Å². The summed E-state index contributed by atoms with van der Waals surface area (Å²) in [5.74, 6) is 0.851. The second kappa shape index (κ2) is 7.51. The number of thioether (sulfide) groups is 1. The minimum Gasteiger partial charge on any atom is -0.371 e. The van der Waals surface area contributed by atoms with Gasteiger partial charge in [0.2, 0.25) is 5.91 Å². The molecule has 2 aliphatic rings. The maximum absolute atomic E-state index is 12.3. The highest BCUT2D eigenvalue weighted by molar-refractivity contribution is 8.00. The van der Waals surface area contributed by atoms with E-state index in [9.17, 15) is 4.79 Å². The fourth-order valence-electron chi connectivity index (χ4n) is 3.29. The summed E-state index contributed by atoms with van der Waals surface area (Å²) in [5, 5.41) is 0.704. The van der Waals surface area contributed by atoms with Crippen LogP contribution in [0.2, 0.25) is 0 Å². The molecule has 0 N–H and O–H groups in total. The van der Waals surface area contributed by atoms with Crippen molar-refractivity contribution in [2.75, 3.05) is 19.3 Å². The number of rotatable bonds is 5. The molecule has 1 aliphatic heterocycles. The van der Waals surface area contributed by atoms with Crippen LogP contribution < -0.4 is 0 Å². The van der Waals surface area contributed by atoms with E-state index in [2.05, 4.69) is 24.3 Å². The molecule has 1 atom stereocenters. The van der Waals surface area contributed by atoms with Crippen LogP contribution in [0.3, 0.4) is 0 Å². The number of fused-ring (bicyclic) bond motifs is 1. The van der Waals surface area contributed by atoms with E-state index in [0.717, 1.165) is 6.42 Å². The molecule has 1 heterocycles. The Labute approximate surface area is 137 Å². The Kier molecular flexibility index (Phi) is 5.42. The quantitative estimate of drug-likeness (QED) is 0.834. The Hall–Kier alpha value is -1.000. The standard InChI is InChI=1S/C18H25NO2S/c1-19(18(20)13-22-17-8-4-5-9-17)11-16-10-14-6-2-3-7-15(14)12-21-16/h2-3,6-7,16-17H,4-5,8-13H2,1H3. The van der Waals surface area contributed by atoms with Crippen LogP contribution in [0.25, 0.3) is 0 Å². The summed E-state index contributed by atoms with van der Waals surface area (Å²) in [7, 11) is 1.90. The molecule has 4 heteroatoms. The second-order valence-corrected chi connectivity index (χ2v) is 7.69. The van der Waals surface area contributed by atoms with Crippen LogP contribution in [-0.4, -0.2) is 41.5 Å². The van der Waals surface area contributed by atoms with Crippen molar-refractivity contribution < 1.29 is 9.53 Å². The predicted molar refractivity (Wildman–Crippen MR) is 91.1 cm³/mol. The third-order valence-corrected chi connectivity index (χ3v) is 6.04. The number of carbonyl (C=O) groups is 1. The number of amides is 1. The summed E-state index contributed by atoms with van der Waals surface area (Å²) in [6.07, 6.45) is 6.26. The molecule has 0 spiro atoms. The lowest BCUT2D eigenvalue weighted by molar-refractivity contribution is -0.129. The maximum Gasteiger partial charge on any atom is 0.232 e. The van der Waals surface area contributed by atoms with Gasteiger partial charge in [-0.2, -0.15) is 0 Å². The number of ether oxygens (including phenoxy) is 1. The zero-order valence-corrected chi connectivity index (χ0v) is 14.1. The van der Waals surface area contributed by atoms with E-state index >= 15 is 0 Å². The molecule has 0 bridgehead atoms. The molecule has 0 radical (unpaired) electrons. The molecule has 1 aromatic carbocycles. The fourth-order valence-corrected chi connectivity index (χ4v) is 4.55. The first-order valence-corrected chi connectivity index (χ1v) is 9.31. The topological polar surface area (TPSA) is 29.5 Å². The molecule has 3 nitrogen and oxygen atoms in total. The van der Waals surface area contributed by atoms with Crippen molar-refractivity contribution >= 4 is 17.7 Å². The minimum absolute atomic E-state index is 0.125. The van der Waals surface area contributed by atoms with Gasteiger partial charge < -0.3 is 9.64 Å². The Morgan fingerprint density at radius 2 is 2.00 bits per heavy atom. The largest absolute Gasteiger partial charge is 0.371 e. The number of hydrogen-bond donors (Lipinski definition) is 0. The number of likely N-dealkylation sites (N-methyl/N-ethyl adjacent to an activating group) is 1. The van der Waals surface area contributed by atoms with Crippen LogP contribution in [0.15, 0.2) is 24.3 Å². The second-order valence-electron chi connectivity index (χ2n) is 6.40. The summed E-state index contributed by atoms with van der Waals surface area (Å²) in [5.41, 5.74) is 2.64. The van der Waals surface area contributed by atoms with Gasteiger partial charge >= 0.3 is 0 Å². The highest BCUT2D eigenvalue weighted by Crippen LogP contribution is 2.29. The first-order chi connectivity index (χ1) is 10.7. The molecule has 1 aliphatic carbocycles. The van der Waals surface area contributed by atoms with Gasteiger partial charge in [-0.05, 0) is 24.0 Å². The van der Waals surface area contributed by atoms with Gasteiger partial charge in [0, 0.05) is 25.3 Å². The van der Waals surface area contributed by atoms with Crippen molar-refractivity contribution in [2.45, 2.75) is 50.1 Å². The first-order valence-electron chi connectivity index (χ1n) is 8.26. The Balaban J connectivity index is 1.45. The summed E-state index contributed by atoms with van der Waals surface area (Å²) < 4.78 is 5.90. The van der Waals surface area contributed by atoms with E-state index in [4.69, 9.17) is 4.74 Å². The molecular weight excluding hydrogens is 294 g/mol. The van der Waals surface area contributed by atoms with E-state index in [-0.39, 0.29) is 12.0 Å². The molecule has 3 rings (SSSR count). The fraction of sp³-hybridized carbons (Fsp3) is 0.611. The molecular formula is C18H25NO2S. The smallest absolute Gasteiger partial charge is 0.232 e. The number of carbonyl (C=O) groups excluding carboxylic acids is 1. The van der Waals surface area contributed by atoms with E-state index in [1.165, 1.54) is 36.8 Å². The molecule has 1 amide bonds. The van der Waals surface area contributed by atoms with Crippen molar-refractivity contribution in [1.29, 1.82) is 0 Å². The van der Waals surface area contributed by atoms with E-state index in [0.29, 0.717) is 24.2 Å². The molecule has 0 saturated heterocycles. The van der Waals surface area contributed by atoms with Crippen molar-refractivity contribution in [3.63, 3.8) is 0 Å². The highest BCUT2D eigenvalue weighted by Gasteiger charge is 2.23. The van der Waals surface area contributed by atoms with Crippen molar-refractivity contribution in [3.8, 4) is 0 Å². The average Bonchev–Trinajstić information content (AvgIpc) is 3.06. The van der Waals surface area contributed by atoms with Crippen LogP contribution in [0.4, 0.5) is 0 Å². The zero-order chi connectivity index (χ0) is 15.4. The normalized spacial score (nSPS) is 21.6. The molecule has 120 valence electrons. The zero-order valence-electron chi connectivity index (χ0n) is 13.3. The monoisotopic (exact) mass is 319 g/mol. The summed E-state index contributed by atoms with van der Waals surface area (Å²) in [4.78, 5) is 14.1. The average molecular weight is 319 g/mol. The third kappa shape index (κ3) is 4.05. The van der Waals surface area contributed by atoms with Crippen LogP contribution in [0, 0.1) is 0 Å². The van der Waals surface area contributed by atoms with E-state index in [1.807, 2.05) is 23.7 Å². The lowest BCUT2D eigenvalue weighted by Crippen LogP contribution is -2.39. The molecule has 1 aromatic rings. The minimum atomic E-state index is 0.125. The molecule has 1 fully saturated rings. The summed E-state index contributed by atoms with van der Waals surface area (Å²) >= 11 is 1.84. The summed E-state index contributed by atoms with van der Waals surface area (Å²) in [6.45, 7) is 1.36. The van der Waals surface area contributed by atoms with Gasteiger partial charge in [0.15, 0.2) is 0 Å². The van der Waals surface area contributed by atoms with Gasteiger partial charge in [-0.15, -0.1) is 11.8 Å². The predicted octanol–water partition coefficient (Wildman–Crippen LogP) is 3.26. The molecule has 22 heavy (non-hydrogen) atoms. The van der Waals surface area contributed by atoms with Crippen LogP contribution in [0.5, 0.6) is 0 Å². The lowest BCUT2D eigenvalue weighted by Gasteiger charge is -2.29. The van der Waals surface area contributed by atoms with Gasteiger partial charge in [0.05, 0.1) is 18.5 Å². The van der Waals surface area contributed by atoms with Crippen molar-refractivity contribution in [3.05, 3.63) is 35.4 Å². The first kappa shape index (κ1) is 15.9. The maximum atomic E-state index is 12.3. The number of benzene rings is 1. The van der Waals surface area contributed by atoms with Crippen molar-refractivity contribution in [2.24, 2.45) is 0 Å². The Bertz CT molecular complexity index is 514. The summed E-state index contributed by atoms with van der Waals surface area (Å²) in [6, 6.07) is 8.42. The molecule has 0 aromatic heterocycles. The number of nitrogens with zero attached hydrogens (tertiary/aromatic N) is 1. The van der Waals surface area contributed by atoms with Gasteiger partial charge in [0.25, 0.3) is 0 Å². The van der Waals surface area contributed by atoms with Gasteiger partial charge in [-0.1, -0.05) is 37.1 Å². The van der Waals surface area contributed by atoms with Crippen LogP contribution in [0.1, 0.15) is 36.8 Å². The Morgan fingerprint density at radius 3 is 2.77 bits per heavy atom.